The molecule has 3 heterocycles. The fourth-order valence-electron chi connectivity index (χ4n) is 2.36. The highest BCUT2D eigenvalue weighted by molar-refractivity contribution is 7.46. The summed E-state index contributed by atoms with van der Waals surface area (Å²) < 4.78 is 22.0. The van der Waals surface area contributed by atoms with Crippen molar-refractivity contribution in [2.45, 2.75) is 24.9 Å². The number of nitrogens with zero attached hydrogens (tertiary/aromatic N) is 3. The SMILES string of the molecule is Nc1nc2c(ncn2[C@H]2CC(O)[C@@H](COP(=O)(O)O)O2)c(=O)[nH]1. The lowest BCUT2D eigenvalue weighted by Gasteiger charge is -2.16. The number of nitrogen functional groups attached to an aromatic ring is 1. The standard InChI is InChI=1S/C10H14N5O7P/c11-10-13-8-7(9(17)14-10)12-3-15(8)6-1-4(16)5(22-6)2-21-23(18,19)20/h3-6,16H,1-2H2,(H2,18,19,20)(H3,11,13,14,17)/t4?,5-,6-/m1/s1. The van der Waals surface area contributed by atoms with E-state index < -0.39 is 38.4 Å². The van der Waals surface area contributed by atoms with Crippen molar-refractivity contribution in [3.8, 4) is 0 Å². The molecule has 1 fully saturated rings. The van der Waals surface area contributed by atoms with Gasteiger partial charge in [0.2, 0.25) is 5.95 Å². The van der Waals surface area contributed by atoms with Crippen LogP contribution in [-0.4, -0.2) is 53.2 Å². The minimum atomic E-state index is -4.66. The third kappa shape index (κ3) is 3.27. The van der Waals surface area contributed by atoms with Gasteiger partial charge in [0, 0.05) is 6.42 Å². The van der Waals surface area contributed by atoms with E-state index in [1.165, 1.54) is 10.9 Å². The molecule has 2 aromatic rings. The molecule has 12 nitrogen and oxygen atoms in total. The largest absolute Gasteiger partial charge is 0.469 e. The van der Waals surface area contributed by atoms with Crippen molar-refractivity contribution >= 4 is 24.9 Å². The van der Waals surface area contributed by atoms with Crippen LogP contribution in [0.5, 0.6) is 0 Å². The number of H-pyrrole nitrogens is 1. The summed E-state index contributed by atoms with van der Waals surface area (Å²) in [4.78, 5) is 39.3. The zero-order valence-electron chi connectivity index (χ0n) is 11.6. The highest BCUT2D eigenvalue weighted by atomic mass is 31.2. The van der Waals surface area contributed by atoms with Gasteiger partial charge in [-0.15, -0.1) is 0 Å². The second kappa shape index (κ2) is 5.67. The summed E-state index contributed by atoms with van der Waals surface area (Å²) in [7, 11) is -4.66. The Bertz CT molecular complexity index is 829. The molecule has 126 valence electrons. The molecule has 3 rings (SSSR count). The van der Waals surface area contributed by atoms with Crippen LogP contribution in [0.15, 0.2) is 11.1 Å². The summed E-state index contributed by atoms with van der Waals surface area (Å²) in [6, 6.07) is 0. The van der Waals surface area contributed by atoms with Crippen molar-refractivity contribution in [3.63, 3.8) is 0 Å². The first-order valence-corrected chi connectivity index (χ1v) is 8.03. The number of aliphatic hydroxyl groups is 1. The highest BCUT2D eigenvalue weighted by Gasteiger charge is 2.37. The van der Waals surface area contributed by atoms with Gasteiger partial charge in [0.15, 0.2) is 11.2 Å². The summed E-state index contributed by atoms with van der Waals surface area (Å²) >= 11 is 0. The first-order chi connectivity index (χ1) is 10.7. The minimum Gasteiger partial charge on any atom is -0.390 e. The minimum absolute atomic E-state index is 0.0622. The van der Waals surface area contributed by atoms with E-state index in [0.717, 1.165) is 0 Å². The second-order valence-corrected chi connectivity index (χ2v) is 6.23. The van der Waals surface area contributed by atoms with Crippen LogP contribution in [0.25, 0.3) is 11.2 Å². The average molecular weight is 347 g/mol. The lowest BCUT2D eigenvalue weighted by atomic mass is 10.2. The molecule has 2 aromatic heterocycles. The van der Waals surface area contributed by atoms with Gasteiger partial charge in [0.1, 0.15) is 12.3 Å². The lowest BCUT2D eigenvalue weighted by molar-refractivity contribution is -0.0424. The van der Waals surface area contributed by atoms with Crippen LogP contribution in [0.4, 0.5) is 5.95 Å². The molecular formula is C10H14N5O7P. The summed E-state index contributed by atoms with van der Waals surface area (Å²) in [6.45, 7) is -0.481. The maximum atomic E-state index is 11.7. The lowest BCUT2D eigenvalue weighted by Crippen LogP contribution is -2.25. The Labute approximate surface area is 128 Å². The van der Waals surface area contributed by atoms with Gasteiger partial charge in [0.25, 0.3) is 5.56 Å². The van der Waals surface area contributed by atoms with Gasteiger partial charge >= 0.3 is 7.82 Å². The topological polar surface area (TPSA) is 186 Å². The van der Waals surface area contributed by atoms with Crippen molar-refractivity contribution in [2.75, 3.05) is 12.3 Å². The smallest absolute Gasteiger partial charge is 0.390 e. The highest BCUT2D eigenvalue weighted by Crippen LogP contribution is 2.38. The number of phosphoric acid groups is 1. The van der Waals surface area contributed by atoms with E-state index in [2.05, 4.69) is 19.5 Å². The predicted molar refractivity (Wildman–Crippen MR) is 75.1 cm³/mol. The number of imidazole rings is 1. The first kappa shape index (κ1) is 16.1. The zero-order valence-corrected chi connectivity index (χ0v) is 12.5. The van der Waals surface area contributed by atoms with E-state index in [0.29, 0.717) is 0 Å². The van der Waals surface area contributed by atoms with Gasteiger partial charge in [-0.25, -0.2) is 9.55 Å². The number of aliphatic hydroxyl groups excluding tert-OH is 1. The first-order valence-electron chi connectivity index (χ1n) is 6.50. The van der Waals surface area contributed by atoms with Crippen LogP contribution >= 0.6 is 7.82 Å². The third-order valence-electron chi connectivity index (χ3n) is 3.37. The molecule has 0 spiro atoms. The van der Waals surface area contributed by atoms with Gasteiger partial charge < -0.3 is 25.4 Å². The Balaban J connectivity index is 1.84. The van der Waals surface area contributed by atoms with E-state index in [9.17, 15) is 14.5 Å². The quantitative estimate of drug-likeness (QED) is 0.406. The van der Waals surface area contributed by atoms with Crippen molar-refractivity contribution in [2.24, 2.45) is 0 Å². The maximum absolute atomic E-state index is 11.7. The molecule has 3 atom stereocenters. The number of nitrogens with two attached hydrogens (primary N) is 1. The molecule has 0 saturated carbocycles. The summed E-state index contributed by atoms with van der Waals surface area (Å²) in [5.74, 6) is -0.0934. The van der Waals surface area contributed by atoms with E-state index in [1.54, 1.807) is 0 Å². The summed E-state index contributed by atoms with van der Waals surface area (Å²) in [5.41, 5.74) is 5.23. The number of ether oxygens (including phenoxy) is 1. The molecule has 0 radical (unpaired) electrons. The van der Waals surface area contributed by atoms with E-state index in [-0.39, 0.29) is 23.5 Å². The van der Waals surface area contributed by atoms with Crippen LogP contribution in [0, 0.1) is 0 Å². The van der Waals surface area contributed by atoms with Gasteiger partial charge in [-0.1, -0.05) is 0 Å². The molecule has 23 heavy (non-hydrogen) atoms. The maximum Gasteiger partial charge on any atom is 0.469 e. The number of nitrogens with one attached hydrogen (secondary N) is 1. The number of hydrogen-bond donors (Lipinski definition) is 5. The Kier molecular flexibility index (Phi) is 3.96. The van der Waals surface area contributed by atoms with Gasteiger partial charge in [-0.05, 0) is 0 Å². The molecule has 0 aliphatic carbocycles. The van der Waals surface area contributed by atoms with Gasteiger partial charge in [0.05, 0.1) is 19.0 Å². The Morgan fingerprint density at radius 2 is 2.30 bits per heavy atom. The molecular weight excluding hydrogens is 333 g/mol. The molecule has 0 aromatic carbocycles. The fraction of sp³-hybridized carbons (Fsp3) is 0.500. The van der Waals surface area contributed by atoms with Crippen molar-refractivity contribution in [3.05, 3.63) is 16.7 Å². The Morgan fingerprint density at radius 3 is 3.00 bits per heavy atom. The molecule has 1 saturated heterocycles. The molecule has 0 amide bonds. The van der Waals surface area contributed by atoms with Crippen molar-refractivity contribution in [1.29, 1.82) is 0 Å². The van der Waals surface area contributed by atoms with Crippen molar-refractivity contribution in [1.82, 2.24) is 19.5 Å². The zero-order chi connectivity index (χ0) is 16.8. The number of fused-ring (bicyclic) bond motifs is 1. The number of aromatic nitrogens is 4. The van der Waals surface area contributed by atoms with Crippen LogP contribution in [0.1, 0.15) is 12.6 Å². The second-order valence-electron chi connectivity index (χ2n) is 4.99. The number of rotatable bonds is 4. The van der Waals surface area contributed by atoms with Crippen LogP contribution in [0.2, 0.25) is 0 Å². The monoisotopic (exact) mass is 347 g/mol. The van der Waals surface area contributed by atoms with E-state index in [4.69, 9.17) is 20.3 Å². The van der Waals surface area contributed by atoms with Gasteiger partial charge in [-0.2, -0.15) is 4.98 Å². The molecule has 0 bridgehead atoms. The number of anilines is 1. The molecule has 1 aliphatic heterocycles. The summed E-state index contributed by atoms with van der Waals surface area (Å²) in [5, 5.41) is 9.93. The Hall–Kier alpha value is -1.82. The van der Waals surface area contributed by atoms with Crippen LogP contribution < -0.4 is 11.3 Å². The van der Waals surface area contributed by atoms with Crippen LogP contribution in [-0.2, 0) is 13.8 Å². The Morgan fingerprint density at radius 1 is 1.57 bits per heavy atom. The normalized spacial score (nSPS) is 25.3. The van der Waals surface area contributed by atoms with Crippen LogP contribution in [0.3, 0.4) is 0 Å². The average Bonchev–Trinajstić information content (AvgIpc) is 2.99. The number of aromatic amines is 1. The molecule has 13 heteroatoms. The fourth-order valence-corrected chi connectivity index (χ4v) is 2.70. The molecule has 6 N–H and O–H groups in total. The number of phosphoric ester groups is 1. The molecule has 1 aliphatic rings. The third-order valence-corrected chi connectivity index (χ3v) is 3.86. The van der Waals surface area contributed by atoms with E-state index >= 15 is 0 Å². The van der Waals surface area contributed by atoms with Gasteiger partial charge in [-0.3, -0.25) is 18.9 Å². The molecule has 1 unspecified atom stereocenters. The van der Waals surface area contributed by atoms with Crippen molar-refractivity contribution < 1.29 is 28.7 Å². The summed E-state index contributed by atoms with van der Waals surface area (Å²) in [6.07, 6.45) is -1.26. The number of hydrogen-bond acceptors (Lipinski definition) is 8. The predicted octanol–water partition coefficient (Wildman–Crippen LogP) is -1.54. The van der Waals surface area contributed by atoms with E-state index in [1.807, 2.05) is 0 Å².